The molecule has 0 amide bonds. The monoisotopic (exact) mass is 200 g/mol. The van der Waals surface area contributed by atoms with E-state index in [2.05, 4.69) is 30.5 Å². The van der Waals surface area contributed by atoms with Crippen molar-refractivity contribution in [1.82, 2.24) is 4.57 Å². The highest BCUT2D eigenvalue weighted by Crippen LogP contribution is 2.33. The van der Waals surface area contributed by atoms with Crippen LogP contribution in [0.5, 0.6) is 0 Å². The molecule has 0 bridgehead atoms. The Kier molecular flexibility index (Phi) is 1.64. The van der Waals surface area contributed by atoms with Gasteiger partial charge < -0.3 is 10.3 Å². The lowest BCUT2D eigenvalue weighted by atomic mass is 10.0. The van der Waals surface area contributed by atoms with Crippen LogP contribution in [0.25, 0.3) is 10.9 Å². The number of nitrogens with zero attached hydrogens (tertiary/aromatic N) is 1. The van der Waals surface area contributed by atoms with Gasteiger partial charge in [0.2, 0.25) is 0 Å². The molecule has 2 heteroatoms. The van der Waals surface area contributed by atoms with Crippen molar-refractivity contribution in [2.24, 2.45) is 0 Å². The zero-order chi connectivity index (χ0) is 10.6. The van der Waals surface area contributed by atoms with E-state index in [0.717, 1.165) is 12.2 Å². The molecule has 1 aromatic heterocycles. The average molecular weight is 200 g/mol. The molecule has 2 nitrogen and oxygen atoms in total. The van der Waals surface area contributed by atoms with E-state index in [9.17, 15) is 0 Å². The van der Waals surface area contributed by atoms with Crippen molar-refractivity contribution in [3.63, 3.8) is 0 Å². The van der Waals surface area contributed by atoms with Crippen molar-refractivity contribution in [3.8, 4) is 0 Å². The minimum Gasteiger partial charge on any atom is -0.399 e. The van der Waals surface area contributed by atoms with Crippen LogP contribution in [0, 0.1) is 13.8 Å². The maximum atomic E-state index is 5.94. The highest BCUT2D eigenvalue weighted by molar-refractivity contribution is 5.91. The Hall–Kier alpha value is -1.44. The molecule has 0 saturated heterocycles. The fraction of sp³-hybridized carbons (Fsp3) is 0.385. The Balaban J connectivity index is 2.53. The molecule has 0 unspecified atom stereocenters. The van der Waals surface area contributed by atoms with Crippen LogP contribution in [-0.2, 0) is 13.0 Å². The molecule has 0 atom stereocenters. The molecule has 0 spiro atoms. The van der Waals surface area contributed by atoms with Crippen LogP contribution in [0.15, 0.2) is 12.1 Å². The molecule has 0 fully saturated rings. The third-order valence-corrected chi connectivity index (χ3v) is 3.66. The van der Waals surface area contributed by atoms with Crippen molar-refractivity contribution in [3.05, 3.63) is 29.0 Å². The van der Waals surface area contributed by atoms with Crippen LogP contribution in [0.2, 0.25) is 0 Å². The Morgan fingerprint density at radius 1 is 1.27 bits per heavy atom. The normalized spacial score (nSPS) is 14.8. The second-order valence-corrected chi connectivity index (χ2v) is 4.54. The van der Waals surface area contributed by atoms with Gasteiger partial charge in [0.1, 0.15) is 0 Å². The first-order valence-corrected chi connectivity index (χ1v) is 5.56. The summed E-state index contributed by atoms with van der Waals surface area (Å²) in [5.74, 6) is 0. The molecule has 78 valence electrons. The van der Waals surface area contributed by atoms with Crippen molar-refractivity contribution >= 4 is 16.6 Å². The van der Waals surface area contributed by atoms with E-state index < -0.39 is 0 Å². The van der Waals surface area contributed by atoms with Gasteiger partial charge in [-0.05, 0) is 49.9 Å². The second-order valence-electron chi connectivity index (χ2n) is 4.54. The molecule has 1 aliphatic rings. The quantitative estimate of drug-likeness (QED) is 0.651. The molecular weight excluding hydrogens is 184 g/mol. The number of aromatic nitrogens is 1. The van der Waals surface area contributed by atoms with Crippen molar-refractivity contribution in [2.75, 3.05) is 5.73 Å². The van der Waals surface area contributed by atoms with Gasteiger partial charge in [-0.3, -0.25) is 0 Å². The molecule has 0 saturated carbocycles. The number of nitrogen functional groups attached to an aromatic ring is 1. The van der Waals surface area contributed by atoms with E-state index in [-0.39, 0.29) is 0 Å². The first kappa shape index (κ1) is 8.84. The van der Waals surface area contributed by atoms with Crippen LogP contribution in [0.1, 0.15) is 23.2 Å². The summed E-state index contributed by atoms with van der Waals surface area (Å²) in [6.45, 7) is 5.57. The molecule has 1 aromatic carbocycles. The third-order valence-electron chi connectivity index (χ3n) is 3.66. The van der Waals surface area contributed by atoms with Crippen molar-refractivity contribution in [2.45, 2.75) is 33.2 Å². The molecule has 15 heavy (non-hydrogen) atoms. The fourth-order valence-electron chi connectivity index (χ4n) is 2.79. The topological polar surface area (TPSA) is 30.9 Å². The molecule has 0 radical (unpaired) electrons. The number of nitrogens with two attached hydrogens (primary N) is 1. The number of aryl methyl sites for hydroxylation is 3. The van der Waals surface area contributed by atoms with E-state index in [1.165, 1.54) is 40.6 Å². The minimum atomic E-state index is 0.902. The summed E-state index contributed by atoms with van der Waals surface area (Å²) in [6, 6.07) is 4.25. The van der Waals surface area contributed by atoms with E-state index in [0.29, 0.717) is 0 Å². The molecule has 2 heterocycles. The number of hydrogen-bond donors (Lipinski definition) is 1. The smallest absolute Gasteiger partial charge is 0.0519 e. The summed E-state index contributed by atoms with van der Waals surface area (Å²) in [4.78, 5) is 0. The molecule has 1 aliphatic heterocycles. The van der Waals surface area contributed by atoms with Crippen LogP contribution in [-0.4, -0.2) is 4.57 Å². The predicted molar refractivity (Wildman–Crippen MR) is 64.1 cm³/mol. The molecule has 3 rings (SSSR count). The third kappa shape index (κ3) is 1.05. The van der Waals surface area contributed by atoms with E-state index in [4.69, 9.17) is 5.73 Å². The van der Waals surface area contributed by atoms with E-state index in [1.54, 1.807) is 0 Å². The minimum absolute atomic E-state index is 0.902. The number of hydrogen-bond acceptors (Lipinski definition) is 1. The van der Waals surface area contributed by atoms with Gasteiger partial charge in [-0.25, -0.2) is 0 Å². The van der Waals surface area contributed by atoms with E-state index >= 15 is 0 Å². The number of rotatable bonds is 0. The van der Waals surface area contributed by atoms with Gasteiger partial charge >= 0.3 is 0 Å². The van der Waals surface area contributed by atoms with Crippen LogP contribution in [0.3, 0.4) is 0 Å². The van der Waals surface area contributed by atoms with Gasteiger partial charge in [-0.15, -0.1) is 0 Å². The summed E-state index contributed by atoms with van der Waals surface area (Å²) in [5.41, 5.74) is 12.5. The first-order chi connectivity index (χ1) is 7.18. The highest BCUT2D eigenvalue weighted by Gasteiger charge is 2.17. The highest BCUT2D eigenvalue weighted by atomic mass is 15.0. The lowest BCUT2D eigenvalue weighted by molar-refractivity contribution is 0.622. The average Bonchev–Trinajstić information content (AvgIpc) is 2.46. The zero-order valence-electron chi connectivity index (χ0n) is 9.30. The van der Waals surface area contributed by atoms with Gasteiger partial charge in [-0.1, -0.05) is 0 Å². The lowest BCUT2D eigenvalue weighted by Gasteiger charge is -2.17. The Labute approximate surface area is 89.7 Å². The number of benzene rings is 1. The molecule has 2 N–H and O–H groups in total. The van der Waals surface area contributed by atoms with Gasteiger partial charge in [0, 0.05) is 23.3 Å². The van der Waals surface area contributed by atoms with Gasteiger partial charge in [0.05, 0.1) is 5.52 Å². The van der Waals surface area contributed by atoms with Gasteiger partial charge in [0.15, 0.2) is 0 Å². The summed E-state index contributed by atoms with van der Waals surface area (Å²) in [7, 11) is 0. The maximum absolute atomic E-state index is 5.94. The van der Waals surface area contributed by atoms with Crippen molar-refractivity contribution < 1.29 is 0 Å². The zero-order valence-corrected chi connectivity index (χ0v) is 9.30. The largest absolute Gasteiger partial charge is 0.399 e. The SMILES string of the molecule is Cc1c(C)n2c3c(cc(N)cc13)CCC2. The van der Waals surface area contributed by atoms with E-state index in [1.807, 2.05) is 0 Å². The molecule has 2 aromatic rings. The van der Waals surface area contributed by atoms with Crippen LogP contribution >= 0.6 is 0 Å². The summed E-state index contributed by atoms with van der Waals surface area (Å²) in [6.07, 6.45) is 2.41. The Morgan fingerprint density at radius 2 is 2.07 bits per heavy atom. The predicted octanol–water partition coefficient (Wildman–Crippen LogP) is 2.79. The fourth-order valence-corrected chi connectivity index (χ4v) is 2.79. The van der Waals surface area contributed by atoms with Crippen LogP contribution < -0.4 is 5.73 Å². The van der Waals surface area contributed by atoms with Gasteiger partial charge in [-0.2, -0.15) is 0 Å². The summed E-state index contributed by atoms with van der Waals surface area (Å²) in [5, 5.41) is 1.35. The summed E-state index contributed by atoms with van der Waals surface area (Å²) < 4.78 is 2.45. The molecular formula is C13H16N2. The van der Waals surface area contributed by atoms with Gasteiger partial charge in [0.25, 0.3) is 0 Å². The summed E-state index contributed by atoms with van der Waals surface area (Å²) >= 11 is 0. The number of anilines is 1. The standard InChI is InChI=1S/C13H16N2/c1-8-9(2)15-5-3-4-10-6-11(14)7-12(8)13(10)15/h6-7H,3-5,14H2,1-2H3. The lowest BCUT2D eigenvalue weighted by Crippen LogP contribution is -2.09. The second kappa shape index (κ2) is 2.78. The first-order valence-electron chi connectivity index (χ1n) is 5.56. The Bertz CT molecular complexity index is 549. The Morgan fingerprint density at radius 3 is 2.87 bits per heavy atom. The van der Waals surface area contributed by atoms with Crippen molar-refractivity contribution in [1.29, 1.82) is 0 Å². The maximum Gasteiger partial charge on any atom is 0.0519 e. The van der Waals surface area contributed by atoms with Crippen LogP contribution in [0.4, 0.5) is 5.69 Å². The molecule has 0 aliphatic carbocycles.